The van der Waals surface area contributed by atoms with Gasteiger partial charge >= 0.3 is 0 Å². The zero-order valence-corrected chi connectivity index (χ0v) is 9.16. The van der Waals surface area contributed by atoms with Gasteiger partial charge in [0.2, 0.25) is 5.76 Å². The van der Waals surface area contributed by atoms with Gasteiger partial charge in [0.1, 0.15) is 5.78 Å². The van der Waals surface area contributed by atoms with E-state index in [0.29, 0.717) is 18.5 Å². The molecule has 0 spiro atoms. The SMILES string of the molecule is Cc1cc(C(=O)NC2CCC(=O)CC2)on1. The second kappa shape index (κ2) is 4.47. The molecule has 1 aromatic rings. The fourth-order valence-electron chi connectivity index (χ4n) is 1.81. The van der Waals surface area contributed by atoms with Crippen molar-refractivity contribution in [2.75, 3.05) is 0 Å². The van der Waals surface area contributed by atoms with Crippen LogP contribution in [0.4, 0.5) is 0 Å². The van der Waals surface area contributed by atoms with E-state index < -0.39 is 0 Å². The first-order valence-electron chi connectivity index (χ1n) is 5.41. The molecular weight excluding hydrogens is 208 g/mol. The van der Waals surface area contributed by atoms with E-state index >= 15 is 0 Å². The highest BCUT2D eigenvalue weighted by atomic mass is 16.5. The van der Waals surface area contributed by atoms with Crippen LogP contribution in [-0.2, 0) is 4.79 Å². The third-order valence-electron chi connectivity index (χ3n) is 2.73. The number of nitrogens with one attached hydrogen (secondary N) is 1. The van der Waals surface area contributed by atoms with Crippen molar-refractivity contribution in [1.82, 2.24) is 10.5 Å². The molecule has 1 heterocycles. The molecule has 1 amide bonds. The molecule has 0 radical (unpaired) electrons. The van der Waals surface area contributed by atoms with Crippen LogP contribution in [0.2, 0.25) is 0 Å². The van der Waals surface area contributed by atoms with Gasteiger partial charge < -0.3 is 9.84 Å². The molecule has 5 nitrogen and oxygen atoms in total. The molecule has 1 aliphatic rings. The Balaban J connectivity index is 1.90. The topological polar surface area (TPSA) is 72.2 Å². The van der Waals surface area contributed by atoms with Crippen LogP contribution >= 0.6 is 0 Å². The summed E-state index contributed by atoms with van der Waals surface area (Å²) in [6.45, 7) is 1.76. The third kappa shape index (κ3) is 2.48. The Labute approximate surface area is 93.2 Å². The fraction of sp³-hybridized carbons (Fsp3) is 0.545. The maximum Gasteiger partial charge on any atom is 0.290 e. The summed E-state index contributed by atoms with van der Waals surface area (Å²) >= 11 is 0. The Morgan fingerprint density at radius 1 is 1.50 bits per heavy atom. The number of rotatable bonds is 2. The molecule has 2 rings (SSSR count). The summed E-state index contributed by atoms with van der Waals surface area (Å²) < 4.78 is 4.86. The molecule has 0 aromatic carbocycles. The van der Waals surface area contributed by atoms with Gasteiger partial charge in [-0.15, -0.1) is 0 Å². The first-order valence-corrected chi connectivity index (χ1v) is 5.41. The Bertz CT molecular complexity index is 401. The van der Waals surface area contributed by atoms with Gasteiger partial charge in [0, 0.05) is 24.9 Å². The van der Waals surface area contributed by atoms with Crippen molar-refractivity contribution in [3.63, 3.8) is 0 Å². The smallest absolute Gasteiger partial charge is 0.290 e. The van der Waals surface area contributed by atoms with Crippen molar-refractivity contribution < 1.29 is 14.1 Å². The van der Waals surface area contributed by atoms with E-state index in [-0.39, 0.29) is 23.5 Å². The average Bonchev–Trinajstić information content (AvgIpc) is 2.68. The van der Waals surface area contributed by atoms with E-state index in [1.165, 1.54) is 0 Å². The van der Waals surface area contributed by atoms with E-state index in [1.54, 1.807) is 13.0 Å². The second-order valence-electron chi connectivity index (χ2n) is 4.12. The van der Waals surface area contributed by atoms with Gasteiger partial charge in [-0.3, -0.25) is 9.59 Å². The summed E-state index contributed by atoms with van der Waals surface area (Å²) in [5.41, 5.74) is 0.684. The summed E-state index contributed by atoms with van der Waals surface area (Å²) in [6, 6.07) is 1.68. The van der Waals surface area contributed by atoms with Crippen LogP contribution in [0.5, 0.6) is 0 Å². The van der Waals surface area contributed by atoms with Crippen LogP contribution in [0.15, 0.2) is 10.6 Å². The molecule has 1 N–H and O–H groups in total. The maximum absolute atomic E-state index is 11.7. The molecule has 0 atom stereocenters. The zero-order valence-electron chi connectivity index (χ0n) is 9.16. The lowest BCUT2D eigenvalue weighted by atomic mass is 9.94. The van der Waals surface area contributed by atoms with Crippen LogP contribution < -0.4 is 5.32 Å². The van der Waals surface area contributed by atoms with E-state index in [4.69, 9.17) is 4.52 Å². The van der Waals surface area contributed by atoms with Gasteiger partial charge in [-0.25, -0.2) is 0 Å². The second-order valence-corrected chi connectivity index (χ2v) is 4.12. The molecule has 1 saturated carbocycles. The minimum Gasteiger partial charge on any atom is -0.351 e. The van der Waals surface area contributed by atoms with Gasteiger partial charge in [-0.2, -0.15) is 0 Å². The van der Waals surface area contributed by atoms with E-state index in [9.17, 15) is 9.59 Å². The molecule has 1 fully saturated rings. The maximum atomic E-state index is 11.7. The number of nitrogens with zero attached hydrogens (tertiary/aromatic N) is 1. The first kappa shape index (κ1) is 10.9. The number of hydrogen-bond donors (Lipinski definition) is 1. The lowest BCUT2D eigenvalue weighted by molar-refractivity contribution is -0.120. The van der Waals surface area contributed by atoms with Gasteiger partial charge in [-0.05, 0) is 19.8 Å². The lowest BCUT2D eigenvalue weighted by Gasteiger charge is -2.21. The molecule has 1 aromatic heterocycles. The number of amides is 1. The Morgan fingerprint density at radius 2 is 2.19 bits per heavy atom. The van der Waals surface area contributed by atoms with Crippen molar-refractivity contribution in [2.24, 2.45) is 0 Å². The van der Waals surface area contributed by atoms with Crippen molar-refractivity contribution in [2.45, 2.75) is 38.6 Å². The predicted octanol–water partition coefficient (Wildman–Crippen LogP) is 1.22. The van der Waals surface area contributed by atoms with Crippen molar-refractivity contribution in [3.05, 3.63) is 17.5 Å². The van der Waals surface area contributed by atoms with Crippen LogP contribution in [-0.4, -0.2) is 22.9 Å². The molecule has 16 heavy (non-hydrogen) atoms. The standard InChI is InChI=1S/C11H14N2O3/c1-7-6-10(16-13-7)11(15)12-8-2-4-9(14)5-3-8/h6,8H,2-5H2,1H3,(H,12,15). The van der Waals surface area contributed by atoms with E-state index in [0.717, 1.165) is 12.8 Å². The molecule has 1 aliphatic carbocycles. The third-order valence-corrected chi connectivity index (χ3v) is 2.73. The van der Waals surface area contributed by atoms with Crippen LogP contribution in [0.25, 0.3) is 0 Å². The molecular formula is C11H14N2O3. The summed E-state index contributed by atoms with van der Waals surface area (Å²) in [4.78, 5) is 22.7. The van der Waals surface area contributed by atoms with Crippen molar-refractivity contribution in [1.29, 1.82) is 0 Å². The van der Waals surface area contributed by atoms with Crippen LogP contribution in [0.3, 0.4) is 0 Å². The van der Waals surface area contributed by atoms with Gasteiger partial charge in [0.05, 0.1) is 5.69 Å². The van der Waals surface area contributed by atoms with E-state index in [2.05, 4.69) is 10.5 Å². The molecule has 0 bridgehead atoms. The van der Waals surface area contributed by atoms with Crippen molar-refractivity contribution in [3.8, 4) is 0 Å². The van der Waals surface area contributed by atoms with Gasteiger partial charge in [0.15, 0.2) is 0 Å². The minimum absolute atomic E-state index is 0.0793. The van der Waals surface area contributed by atoms with Crippen LogP contribution in [0.1, 0.15) is 41.9 Å². The first-order chi connectivity index (χ1) is 7.65. The van der Waals surface area contributed by atoms with Gasteiger partial charge in [-0.1, -0.05) is 5.16 Å². The summed E-state index contributed by atoms with van der Waals surface area (Å²) in [7, 11) is 0. The minimum atomic E-state index is -0.250. The molecule has 0 saturated heterocycles. The number of aryl methyl sites for hydroxylation is 1. The molecule has 0 aliphatic heterocycles. The summed E-state index contributed by atoms with van der Waals surface area (Å²) in [5.74, 6) is 0.260. The van der Waals surface area contributed by atoms with Crippen molar-refractivity contribution >= 4 is 11.7 Å². The largest absolute Gasteiger partial charge is 0.351 e. The average molecular weight is 222 g/mol. The number of aromatic nitrogens is 1. The molecule has 5 heteroatoms. The molecule has 0 unspecified atom stereocenters. The highest BCUT2D eigenvalue weighted by Gasteiger charge is 2.22. The number of hydrogen-bond acceptors (Lipinski definition) is 4. The highest BCUT2D eigenvalue weighted by molar-refractivity contribution is 5.91. The summed E-state index contributed by atoms with van der Waals surface area (Å²) in [5, 5.41) is 6.50. The number of carbonyl (C=O) groups is 2. The zero-order chi connectivity index (χ0) is 11.5. The number of Topliss-reactive ketones (excluding diaryl/α,β-unsaturated/α-hetero) is 1. The monoisotopic (exact) mass is 222 g/mol. The Hall–Kier alpha value is -1.65. The fourth-order valence-corrected chi connectivity index (χ4v) is 1.81. The predicted molar refractivity (Wildman–Crippen MR) is 56.0 cm³/mol. The lowest BCUT2D eigenvalue weighted by Crippen LogP contribution is -2.37. The van der Waals surface area contributed by atoms with Crippen LogP contribution in [0, 0.1) is 6.92 Å². The number of carbonyl (C=O) groups excluding carboxylic acids is 2. The Kier molecular flexibility index (Phi) is 3.03. The quantitative estimate of drug-likeness (QED) is 0.816. The van der Waals surface area contributed by atoms with Gasteiger partial charge in [0.25, 0.3) is 5.91 Å². The Morgan fingerprint density at radius 3 is 2.75 bits per heavy atom. The molecule has 86 valence electrons. The normalized spacial score (nSPS) is 17.4. The number of ketones is 1. The highest BCUT2D eigenvalue weighted by Crippen LogP contribution is 2.15. The summed E-state index contributed by atoms with van der Waals surface area (Å²) in [6.07, 6.45) is 2.55. The van der Waals surface area contributed by atoms with E-state index in [1.807, 2.05) is 0 Å².